The lowest BCUT2D eigenvalue weighted by atomic mass is 9.62. The highest BCUT2D eigenvalue weighted by Gasteiger charge is 2.40. The topological polar surface area (TPSA) is 26.3 Å². The summed E-state index contributed by atoms with van der Waals surface area (Å²) in [6.45, 7) is 4.88. The van der Waals surface area contributed by atoms with Crippen LogP contribution in [-0.2, 0) is 4.79 Å². The van der Waals surface area contributed by atoms with Gasteiger partial charge < -0.3 is 4.74 Å². The van der Waals surface area contributed by atoms with Crippen molar-refractivity contribution in [3.05, 3.63) is 29.8 Å². The molecule has 0 atom stereocenters. The molecule has 2 aliphatic carbocycles. The Bertz CT molecular complexity index is 633. The molecule has 2 saturated carbocycles. The molecule has 5 heteroatoms. The Morgan fingerprint density at radius 2 is 1.73 bits per heavy atom. The normalized spacial score (nSPS) is 32.7. The second kappa shape index (κ2) is 8.20. The van der Waals surface area contributed by atoms with Gasteiger partial charge in [-0.05, 0) is 62.0 Å². The molecule has 2 aliphatic rings. The van der Waals surface area contributed by atoms with E-state index in [-0.39, 0.29) is 27.2 Å². The third-order valence-electron chi connectivity index (χ3n) is 6.98. The molecule has 1 aromatic carbocycles. The third-order valence-corrected chi connectivity index (χ3v) is 8.95. The number of hydrogen-bond acceptors (Lipinski definition) is 2. The molecular formula is C21H30F2O2Si. The first-order valence-corrected chi connectivity index (χ1v) is 12.3. The minimum absolute atomic E-state index is 0.0880. The zero-order valence-electron chi connectivity index (χ0n) is 15.9. The van der Waals surface area contributed by atoms with Crippen LogP contribution in [0.25, 0.3) is 0 Å². The fourth-order valence-corrected chi connectivity index (χ4v) is 6.14. The van der Waals surface area contributed by atoms with Crippen LogP contribution in [0.1, 0.15) is 58.3 Å². The molecule has 26 heavy (non-hydrogen) atoms. The third kappa shape index (κ3) is 4.36. The zero-order valence-corrected chi connectivity index (χ0v) is 17.3. The SMILES string of the molecule is C[SiH2][C@H]1CC[C@](C)([C@H]2CC[C@H](C(=O)Oc3ccc(F)c(F)c3)CC2)CC1. The van der Waals surface area contributed by atoms with Gasteiger partial charge in [-0.15, -0.1) is 0 Å². The van der Waals surface area contributed by atoms with Gasteiger partial charge in [0, 0.05) is 15.6 Å². The van der Waals surface area contributed by atoms with Crippen molar-refractivity contribution in [2.45, 2.75) is 70.4 Å². The lowest BCUT2D eigenvalue weighted by Gasteiger charge is -2.45. The van der Waals surface area contributed by atoms with E-state index in [4.69, 9.17) is 4.74 Å². The fraction of sp³-hybridized carbons (Fsp3) is 0.667. The predicted octanol–water partition coefficient (Wildman–Crippen LogP) is 5.26. The van der Waals surface area contributed by atoms with Crippen LogP contribution in [0.15, 0.2) is 18.2 Å². The van der Waals surface area contributed by atoms with Crippen LogP contribution in [-0.4, -0.2) is 15.5 Å². The van der Waals surface area contributed by atoms with Crippen LogP contribution in [0.2, 0.25) is 12.1 Å². The summed E-state index contributed by atoms with van der Waals surface area (Å²) in [4.78, 5) is 12.4. The van der Waals surface area contributed by atoms with Crippen molar-refractivity contribution in [2.75, 3.05) is 0 Å². The Morgan fingerprint density at radius 3 is 2.31 bits per heavy atom. The van der Waals surface area contributed by atoms with Crippen molar-refractivity contribution in [2.24, 2.45) is 17.3 Å². The standard InChI is InChI=1S/C21H30F2O2Si/c1-21(11-9-17(26-2)10-12-21)15-5-3-14(4-6-15)20(24)25-16-7-8-18(22)19(23)13-16/h7-8,13-15,17H,3-6,9-12,26H2,1-2H3/t14-,15-,17-,21-. The summed E-state index contributed by atoms with van der Waals surface area (Å²) in [5.74, 6) is -1.56. The average Bonchev–Trinajstić information content (AvgIpc) is 2.65. The van der Waals surface area contributed by atoms with Gasteiger partial charge in [-0.25, -0.2) is 8.78 Å². The van der Waals surface area contributed by atoms with Crippen LogP contribution in [0.4, 0.5) is 8.78 Å². The second-order valence-corrected chi connectivity index (χ2v) is 10.5. The van der Waals surface area contributed by atoms with Crippen LogP contribution < -0.4 is 4.74 Å². The molecular weight excluding hydrogens is 350 g/mol. The van der Waals surface area contributed by atoms with Gasteiger partial charge in [-0.3, -0.25) is 4.79 Å². The highest BCUT2D eigenvalue weighted by molar-refractivity contribution is 6.35. The summed E-state index contributed by atoms with van der Waals surface area (Å²) in [5.41, 5.74) is 1.47. The van der Waals surface area contributed by atoms with E-state index in [0.717, 1.165) is 43.4 Å². The molecule has 1 aromatic rings. The first-order valence-electron chi connectivity index (χ1n) is 10.1. The maximum atomic E-state index is 13.3. The van der Waals surface area contributed by atoms with Crippen molar-refractivity contribution in [3.8, 4) is 5.75 Å². The predicted molar refractivity (Wildman–Crippen MR) is 102 cm³/mol. The van der Waals surface area contributed by atoms with Crippen LogP contribution in [0, 0.1) is 28.9 Å². The Labute approximate surface area is 157 Å². The first-order chi connectivity index (χ1) is 12.4. The number of ether oxygens (including phenoxy) is 1. The number of carbonyl (C=O) groups excluding carboxylic acids is 1. The number of halogens is 2. The zero-order chi connectivity index (χ0) is 18.7. The average molecular weight is 381 g/mol. The monoisotopic (exact) mass is 380 g/mol. The van der Waals surface area contributed by atoms with Gasteiger partial charge in [0.05, 0.1) is 5.92 Å². The van der Waals surface area contributed by atoms with Gasteiger partial charge in [0.25, 0.3) is 0 Å². The molecule has 2 fully saturated rings. The molecule has 144 valence electrons. The first kappa shape index (κ1) is 19.5. The van der Waals surface area contributed by atoms with Crippen molar-refractivity contribution in [3.63, 3.8) is 0 Å². The van der Waals surface area contributed by atoms with Crippen molar-refractivity contribution < 1.29 is 18.3 Å². The van der Waals surface area contributed by atoms with E-state index < -0.39 is 11.6 Å². The molecule has 0 spiro atoms. The Kier molecular flexibility index (Phi) is 6.16. The summed E-state index contributed by atoms with van der Waals surface area (Å²) in [7, 11) is 0.126. The highest BCUT2D eigenvalue weighted by Crippen LogP contribution is 2.51. The van der Waals surface area contributed by atoms with E-state index in [9.17, 15) is 13.6 Å². The quantitative estimate of drug-likeness (QED) is 0.404. The summed E-state index contributed by atoms with van der Waals surface area (Å²) in [6.07, 6.45) is 9.31. The summed E-state index contributed by atoms with van der Waals surface area (Å²) in [6, 6.07) is 3.24. The van der Waals surface area contributed by atoms with E-state index in [1.165, 1.54) is 31.7 Å². The number of benzene rings is 1. The van der Waals surface area contributed by atoms with Gasteiger partial charge in [0.2, 0.25) is 0 Å². The molecule has 0 unspecified atom stereocenters. The number of hydrogen-bond donors (Lipinski definition) is 0. The van der Waals surface area contributed by atoms with Crippen molar-refractivity contribution in [1.29, 1.82) is 0 Å². The van der Waals surface area contributed by atoms with Gasteiger partial charge in [-0.1, -0.05) is 31.9 Å². The van der Waals surface area contributed by atoms with E-state index in [2.05, 4.69) is 13.5 Å². The molecule has 0 saturated heterocycles. The maximum absolute atomic E-state index is 13.3. The lowest BCUT2D eigenvalue weighted by Crippen LogP contribution is -2.36. The lowest BCUT2D eigenvalue weighted by molar-refractivity contribution is -0.140. The fourth-order valence-electron chi connectivity index (χ4n) is 4.92. The number of rotatable bonds is 4. The Hall–Kier alpha value is -1.23. The maximum Gasteiger partial charge on any atom is 0.314 e. The van der Waals surface area contributed by atoms with Crippen molar-refractivity contribution in [1.82, 2.24) is 0 Å². The minimum Gasteiger partial charge on any atom is -0.426 e. The van der Waals surface area contributed by atoms with E-state index in [1.807, 2.05) is 0 Å². The molecule has 0 amide bonds. The molecule has 2 nitrogen and oxygen atoms in total. The van der Waals surface area contributed by atoms with Crippen molar-refractivity contribution >= 4 is 15.5 Å². The highest BCUT2D eigenvalue weighted by atomic mass is 28.2. The molecule has 0 bridgehead atoms. The van der Waals surface area contributed by atoms with Crippen LogP contribution in [0.5, 0.6) is 5.75 Å². The Morgan fingerprint density at radius 1 is 1.08 bits per heavy atom. The van der Waals surface area contributed by atoms with E-state index in [1.54, 1.807) is 0 Å². The van der Waals surface area contributed by atoms with Gasteiger partial charge >= 0.3 is 5.97 Å². The molecule has 0 radical (unpaired) electrons. The molecule has 0 N–H and O–H groups in total. The summed E-state index contributed by atoms with van der Waals surface area (Å²) >= 11 is 0. The molecule has 0 heterocycles. The minimum atomic E-state index is -0.988. The van der Waals surface area contributed by atoms with E-state index >= 15 is 0 Å². The number of carbonyl (C=O) groups is 1. The smallest absolute Gasteiger partial charge is 0.314 e. The Balaban J connectivity index is 1.51. The molecule has 3 rings (SSSR count). The van der Waals surface area contributed by atoms with Gasteiger partial charge in [0.15, 0.2) is 11.6 Å². The van der Waals surface area contributed by atoms with E-state index in [0.29, 0.717) is 11.3 Å². The van der Waals surface area contributed by atoms with Crippen LogP contribution in [0.3, 0.4) is 0 Å². The second-order valence-electron chi connectivity index (χ2n) is 8.55. The molecule has 0 aliphatic heterocycles. The van der Waals surface area contributed by atoms with Gasteiger partial charge in [0.1, 0.15) is 5.75 Å². The summed E-state index contributed by atoms with van der Waals surface area (Å²) < 4.78 is 31.5. The summed E-state index contributed by atoms with van der Waals surface area (Å²) in [5, 5.41) is 0. The van der Waals surface area contributed by atoms with Gasteiger partial charge in [-0.2, -0.15) is 0 Å². The number of esters is 1. The molecule has 0 aromatic heterocycles. The van der Waals surface area contributed by atoms with Crippen LogP contribution >= 0.6 is 0 Å². The largest absolute Gasteiger partial charge is 0.426 e.